The minimum absolute atomic E-state index is 0.372. The number of benzene rings is 2. The van der Waals surface area contributed by atoms with Gasteiger partial charge < -0.3 is 9.84 Å². The highest BCUT2D eigenvalue weighted by Crippen LogP contribution is 2.38. The van der Waals surface area contributed by atoms with E-state index in [1.165, 1.54) is 16.3 Å². The van der Waals surface area contributed by atoms with Crippen molar-refractivity contribution >= 4 is 10.8 Å². The third-order valence-corrected chi connectivity index (χ3v) is 4.69. The van der Waals surface area contributed by atoms with Crippen LogP contribution in [0.15, 0.2) is 36.4 Å². The molecule has 0 bridgehead atoms. The van der Waals surface area contributed by atoms with Crippen molar-refractivity contribution in [2.75, 3.05) is 6.61 Å². The molecule has 112 valence electrons. The summed E-state index contributed by atoms with van der Waals surface area (Å²) in [5.74, 6) is 0.594. The second-order valence-corrected chi connectivity index (χ2v) is 6.18. The third kappa shape index (κ3) is 2.97. The highest BCUT2D eigenvalue weighted by atomic mass is 16.5. The van der Waals surface area contributed by atoms with E-state index in [0.29, 0.717) is 12.0 Å². The van der Waals surface area contributed by atoms with E-state index >= 15 is 0 Å². The fraction of sp³-hybridized carbons (Fsp3) is 0.474. The molecule has 1 saturated carbocycles. The van der Waals surface area contributed by atoms with Gasteiger partial charge in [0.25, 0.3) is 0 Å². The van der Waals surface area contributed by atoms with E-state index < -0.39 is 0 Å². The summed E-state index contributed by atoms with van der Waals surface area (Å²) in [5.41, 5.74) is 2.33. The van der Waals surface area contributed by atoms with Gasteiger partial charge in [-0.05, 0) is 60.9 Å². The number of aliphatic hydroxyl groups excluding tert-OH is 1. The lowest BCUT2D eigenvalue weighted by molar-refractivity contribution is -0.0378. The molecule has 0 radical (unpaired) electrons. The molecule has 2 aromatic carbocycles. The van der Waals surface area contributed by atoms with Crippen LogP contribution in [0.5, 0.6) is 0 Å². The molecule has 0 heterocycles. The molecule has 1 N–H and O–H groups in total. The molecular weight excluding hydrogens is 260 g/mol. The predicted molar refractivity (Wildman–Crippen MR) is 86.4 cm³/mol. The Morgan fingerprint density at radius 1 is 1.14 bits per heavy atom. The average Bonchev–Trinajstić information content (AvgIpc) is 2.45. The lowest BCUT2D eigenvalue weighted by Gasteiger charge is -2.36. The molecule has 0 aliphatic heterocycles. The zero-order valence-electron chi connectivity index (χ0n) is 12.9. The van der Waals surface area contributed by atoms with Gasteiger partial charge in [0, 0.05) is 6.61 Å². The standard InChI is InChI=1S/C19H24O2/c1-3-21-15-10-14(11-15)12-19(20)18-9-8-13(2)16-6-4-5-7-17(16)18/h4-9,14-15,19-20H,3,10-12H2,1-2H3. The van der Waals surface area contributed by atoms with Gasteiger partial charge >= 0.3 is 0 Å². The second-order valence-electron chi connectivity index (χ2n) is 6.18. The Labute approximate surface area is 126 Å². The van der Waals surface area contributed by atoms with Crippen LogP contribution in [-0.2, 0) is 4.74 Å². The van der Waals surface area contributed by atoms with E-state index in [0.717, 1.165) is 31.4 Å². The van der Waals surface area contributed by atoms with Crippen LogP contribution in [0.2, 0.25) is 0 Å². The molecule has 0 amide bonds. The van der Waals surface area contributed by atoms with Crippen molar-refractivity contribution in [1.82, 2.24) is 0 Å². The quantitative estimate of drug-likeness (QED) is 0.882. The Bertz CT molecular complexity index is 614. The maximum atomic E-state index is 10.6. The van der Waals surface area contributed by atoms with Gasteiger partial charge in [0.15, 0.2) is 0 Å². The number of ether oxygens (including phenoxy) is 1. The summed E-state index contributed by atoms with van der Waals surface area (Å²) >= 11 is 0. The van der Waals surface area contributed by atoms with Crippen LogP contribution >= 0.6 is 0 Å². The first kappa shape index (κ1) is 14.6. The van der Waals surface area contributed by atoms with Crippen molar-refractivity contribution in [2.45, 2.75) is 45.3 Å². The Morgan fingerprint density at radius 3 is 2.57 bits per heavy atom. The summed E-state index contributed by atoms with van der Waals surface area (Å²) in [4.78, 5) is 0. The molecule has 21 heavy (non-hydrogen) atoms. The van der Waals surface area contributed by atoms with Crippen molar-refractivity contribution in [2.24, 2.45) is 5.92 Å². The molecule has 2 nitrogen and oxygen atoms in total. The minimum atomic E-state index is -0.372. The summed E-state index contributed by atoms with van der Waals surface area (Å²) < 4.78 is 5.60. The number of fused-ring (bicyclic) bond motifs is 1. The van der Waals surface area contributed by atoms with E-state index in [-0.39, 0.29) is 6.10 Å². The van der Waals surface area contributed by atoms with Gasteiger partial charge in [0.2, 0.25) is 0 Å². The summed E-state index contributed by atoms with van der Waals surface area (Å²) in [5, 5.41) is 13.1. The molecule has 1 atom stereocenters. The first-order valence-electron chi connectivity index (χ1n) is 7.97. The highest BCUT2D eigenvalue weighted by molar-refractivity contribution is 5.88. The molecule has 2 heteroatoms. The van der Waals surface area contributed by atoms with E-state index in [1.54, 1.807) is 0 Å². The van der Waals surface area contributed by atoms with Crippen LogP contribution in [-0.4, -0.2) is 17.8 Å². The molecule has 1 fully saturated rings. The molecule has 1 aliphatic rings. The van der Waals surface area contributed by atoms with Crippen LogP contribution < -0.4 is 0 Å². The number of rotatable bonds is 5. The van der Waals surface area contributed by atoms with Gasteiger partial charge in [-0.25, -0.2) is 0 Å². The molecule has 0 spiro atoms. The van der Waals surface area contributed by atoms with Crippen LogP contribution in [0.4, 0.5) is 0 Å². The molecule has 1 unspecified atom stereocenters. The zero-order chi connectivity index (χ0) is 14.8. The van der Waals surface area contributed by atoms with Crippen molar-refractivity contribution in [3.8, 4) is 0 Å². The highest BCUT2D eigenvalue weighted by Gasteiger charge is 2.31. The molecule has 1 aliphatic carbocycles. The second kappa shape index (κ2) is 6.17. The summed E-state index contributed by atoms with van der Waals surface area (Å²) in [7, 11) is 0. The van der Waals surface area contributed by atoms with E-state index in [1.807, 2.05) is 13.0 Å². The number of aryl methyl sites for hydroxylation is 1. The topological polar surface area (TPSA) is 29.5 Å². The summed E-state index contributed by atoms with van der Waals surface area (Å²) in [6.45, 7) is 4.96. The average molecular weight is 284 g/mol. The maximum Gasteiger partial charge on any atom is 0.0798 e. The van der Waals surface area contributed by atoms with Gasteiger partial charge in [-0.3, -0.25) is 0 Å². The van der Waals surface area contributed by atoms with E-state index in [9.17, 15) is 5.11 Å². The van der Waals surface area contributed by atoms with Crippen molar-refractivity contribution in [3.05, 3.63) is 47.5 Å². The molecule has 0 saturated heterocycles. The van der Waals surface area contributed by atoms with Crippen LogP contribution in [0.25, 0.3) is 10.8 Å². The predicted octanol–water partition coefficient (Wildman–Crippen LogP) is 4.39. The lowest BCUT2D eigenvalue weighted by Crippen LogP contribution is -2.32. The Balaban J connectivity index is 1.74. The van der Waals surface area contributed by atoms with E-state index in [4.69, 9.17) is 4.74 Å². The molecule has 2 aromatic rings. The smallest absolute Gasteiger partial charge is 0.0798 e. The number of hydrogen-bond donors (Lipinski definition) is 1. The molecule has 0 aromatic heterocycles. The molecule has 3 rings (SSSR count). The summed E-state index contributed by atoms with van der Waals surface area (Å²) in [6, 6.07) is 12.6. The van der Waals surface area contributed by atoms with Gasteiger partial charge in [-0.2, -0.15) is 0 Å². The van der Waals surface area contributed by atoms with Gasteiger partial charge in [-0.15, -0.1) is 0 Å². The lowest BCUT2D eigenvalue weighted by atomic mass is 9.77. The molecular formula is C19H24O2. The number of hydrogen-bond acceptors (Lipinski definition) is 2. The van der Waals surface area contributed by atoms with Gasteiger partial charge in [0.1, 0.15) is 0 Å². The van der Waals surface area contributed by atoms with E-state index in [2.05, 4.69) is 37.3 Å². The number of aliphatic hydroxyl groups is 1. The monoisotopic (exact) mass is 284 g/mol. The first-order valence-corrected chi connectivity index (χ1v) is 7.97. The maximum absolute atomic E-state index is 10.6. The van der Waals surface area contributed by atoms with Gasteiger partial charge in [0.05, 0.1) is 12.2 Å². The Hall–Kier alpha value is -1.38. The van der Waals surface area contributed by atoms with Gasteiger partial charge in [-0.1, -0.05) is 36.4 Å². The zero-order valence-corrected chi connectivity index (χ0v) is 12.9. The fourth-order valence-electron chi connectivity index (χ4n) is 3.45. The van der Waals surface area contributed by atoms with Crippen LogP contribution in [0.3, 0.4) is 0 Å². The largest absolute Gasteiger partial charge is 0.388 e. The first-order chi connectivity index (χ1) is 10.2. The normalized spacial score (nSPS) is 23.0. The van der Waals surface area contributed by atoms with Crippen LogP contribution in [0.1, 0.15) is 43.4 Å². The Kier molecular flexibility index (Phi) is 4.27. The van der Waals surface area contributed by atoms with Crippen molar-refractivity contribution < 1.29 is 9.84 Å². The van der Waals surface area contributed by atoms with Crippen molar-refractivity contribution in [3.63, 3.8) is 0 Å². The minimum Gasteiger partial charge on any atom is -0.388 e. The Morgan fingerprint density at radius 2 is 1.86 bits per heavy atom. The van der Waals surface area contributed by atoms with Crippen molar-refractivity contribution in [1.29, 1.82) is 0 Å². The fourth-order valence-corrected chi connectivity index (χ4v) is 3.45. The third-order valence-electron chi connectivity index (χ3n) is 4.69. The summed E-state index contributed by atoms with van der Waals surface area (Å²) in [6.07, 6.45) is 3.07. The van der Waals surface area contributed by atoms with Crippen LogP contribution in [0, 0.1) is 12.8 Å². The SMILES string of the molecule is CCOC1CC(CC(O)c2ccc(C)c3ccccc23)C1.